The van der Waals surface area contributed by atoms with Crippen LogP contribution in [-0.2, 0) is 4.74 Å². The number of amides is 1. The first-order valence-corrected chi connectivity index (χ1v) is 7.16. The van der Waals surface area contributed by atoms with Gasteiger partial charge in [0.15, 0.2) is 0 Å². The van der Waals surface area contributed by atoms with Crippen molar-refractivity contribution < 1.29 is 13.9 Å². The van der Waals surface area contributed by atoms with Crippen molar-refractivity contribution in [2.24, 2.45) is 0 Å². The fourth-order valence-corrected chi connectivity index (χ4v) is 1.96. The maximum Gasteiger partial charge on any atom is 0.413 e. The van der Waals surface area contributed by atoms with Gasteiger partial charge in [-0.25, -0.2) is 14.2 Å². The summed E-state index contributed by atoms with van der Waals surface area (Å²) >= 11 is 0. The summed E-state index contributed by atoms with van der Waals surface area (Å²) in [4.78, 5) is 15.9. The molecule has 0 saturated carbocycles. The van der Waals surface area contributed by atoms with E-state index in [1.165, 1.54) is 6.07 Å². The van der Waals surface area contributed by atoms with Crippen LogP contribution in [0.2, 0.25) is 0 Å². The fraction of sp³-hybridized carbons (Fsp3) is 0.222. The molecular formula is C18H19FN2O2. The highest BCUT2D eigenvalue weighted by Crippen LogP contribution is 2.27. The highest BCUT2D eigenvalue weighted by molar-refractivity contribution is 5.91. The number of rotatable bonds is 3. The Hall–Kier alpha value is -2.69. The number of anilines is 1. The van der Waals surface area contributed by atoms with Crippen molar-refractivity contribution in [3.05, 3.63) is 66.1 Å². The Kier molecular flexibility index (Phi) is 4.79. The second kappa shape index (κ2) is 6.60. The van der Waals surface area contributed by atoms with Crippen LogP contribution in [0.4, 0.5) is 15.0 Å². The SMILES string of the molecule is C=C(c1ccccc1)c1cc(F)cnc1NC(=O)OC(C)(C)C. The van der Waals surface area contributed by atoms with E-state index < -0.39 is 17.5 Å². The Morgan fingerprint density at radius 2 is 1.91 bits per heavy atom. The average Bonchev–Trinajstić information content (AvgIpc) is 2.47. The third-order valence-corrected chi connectivity index (χ3v) is 2.92. The van der Waals surface area contributed by atoms with Gasteiger partial charge >= 0.3 is 6.09 Å². The van der Waals surface area contributed by atoms with Crippen LogP contribution in [0.3, 0.4) is 0 Å². The third-order valence-electron chi connectivity index (χ3n) is 2.92. The number of carbonyl (C=O) groups excluding carboxylic acids is 1. The quantitative estimate of drug-likeness (QED) is 0.898. The third kappa shape index (κ3) is 4.64. The first-order chi connectivity index (χ1) is 10.8. The number of nitrogens with zero attached hydrogens (tertiary/aromatic N) is 1. The summed E-state index contributed by atoms with van der Waals surface area (Å²) in [6.45, 7) is 9.26. The molecule has 120 valence electrons. The van der Waals surface area contributed by atoms with Crippen molar-refractivity contribution >= 4 is 17.5 Å². The van der Waals surface area contributed by atoms with Gasteiger partial charge in [0.25, 0.3) is 0 Å². The van der Waals surface area contributed by atoms with Gasteiger partial charge in [-0.05, 0) is 38.0 Å². The monoisotopic (exact) mass is 314 g/mol. The standard InChI is InChI=1S/C18H19FN2O2/c1-12(13-8-6-5-7-9-13)15-10-14(19)11-20-16(15)21-17(22)23-18(2,3)4/h5-11H,1H2,2-4H3,(H,20,21,22). The molecule has 0 atom stereocenters. The lowest BCUT2D eigenvalue weighted by Gasteiger charge is -2.20. The summed E-state index contributed by atoms with van der Waals surface area (Å²) in [5.74, 6) is -0.304. The zero-order valence-electron chi connectivity index (χ0n) is 13.4. The molecular weight excluding hydrogens is 295 g/mol. The van der Waals surface area contributed by atoms with E-state index in [9.17, 15) is 9.18 Å². The highest BCUT2D eigenvalue weighted by Gasteiger charge is 2.19. The van der Waals surface area contributed by atoms with Crippen LogP contribution in [0.1, 0.15) is 31.9 Å². The largest absolute Gasteiger partial charge is 0.444 e. The van der Waals surface area contributed by atoms with Crippen molar-refractivity contribution in [1.29, 1.82) is 0 Å². The number of hydrogen-bond acceptors (Lipinski definition) is 3. The van der Waals surface area contributed by atoms with E-state index >= 15 is 0 Å². The highest BCUT2D eigenvalue weighted by atomic mass is 19.1. The summed E-state index contributed by atoms with van der Waals surface area (Å²) in [5.41, 5.74) is 1.14. The van der Waals surface area contributed by atoms with Gasteiger partial charge in [-0.15, -0.1) is 0 Å². The van der Waals surface area contributed by atoms with E-state index in [-0.39, 0.29) is 5.82 Å². The Balaban J connectivity index is 2.31. The van der Waals surface area contributed by atoms with E-state index in [0.717, 1.165) is 11.8 Å². The molecule has 0 unspecified atom stereocenters. The normalized spacial score (nSPS) is 11.0. The molecule has 1 N–H and O–H groups in total. The molecule has 0 aliphatic heterocycles. The van der Waals surface area contributed by atoms with Crippen molar-refractivity contribution in [3.63, 3.8) is 0 Å². The molecule has 1 heterocycles. The number of hydrogen-bond donors (Lipinski definition) is 1. The number of pyridine rings is 1. The van der Waals surface area contributed by atoms with Gasteiger partial charge in [-0.1, -0.05) is 36.9 Å². The summed E-state index contributed by atoms with van der Waals surface area (Å²) < 4.78 is 18.8. The van der Waals surface area contributed by atoms with Crippen molar-refractivity contribution in [1.82, 2.24) is 4.98 Å². The van der Waals surface area contributed by atoms with E-state index in [1.807, 2.05) is 30.3 Å². The van der Waals surface area contributed by atoms with Crippen LogP contribution >= 0.6 is 0 Å². The molecule has 1 aromatic heterocycles. The van der Waals surface area contributed by atoms with Crippen molar-refractivity contribution in [2.45, 2.75) is 26.4 Å². The van der Waals surface area contributed by atoms with Crippen molar-refractivity contribution in [2.75, 3.05) is 5.32 Å². The van der Waals surface area contributed by atoms with Gasteiger partial charge in [0.2, 0.25) is 0 Å². The molecule has 0 radical (unpaired) electrons. The summed E-state index contributed by atoms with van der Waals surface area (Å²) in [6, 6.07) is 10.6. The maximum atomic E-state index is 13.6. The van der Waals surface area contributed by atoms with Gasteiger partial charge in [-0.3, -0.25) is 5.32 Å². The first-order valence-electron chi connectivity index (χ1n) is 7.16. The van der Waals surface area contributed by atoms with E-state index in [2.05, 4.69) is 16.9 Å². The molecule has 0 bridgehead atoms. The fourth-order valence-electron chi connectivity index (χ4n) is 1.96. The van der Waals surface area contributed by atoms with Crippen LogP contribution in [0.5, 0.6) is 0 Å². The predicted molar refractivity (Wildman–Crippen MR) is 88.6 cm³/mol. The number of carbonyl (C=O) groups is 1. The lowest BCUT2D eigenvalue weighted by molar-refractivity contribution is 0.0635. The molecule has 0 saturated heterocycles. The first kappa shape index (κ1) is 16.7. The zero-order chi connectivity index (χ0) is 17.0. The smallest absolute Gasteiger partial charge is 0.413 e. The van der Waals surface area contributed by atoms with Crippen LogP contribution in [0, 0.1) is 5.82 Å². The molecule has 0 aliphatic rings. The average molecular weight is 314 g/mol. The molecule has 4 nitrogen and oxygen atoms in total. The molecule has 1 aromatic carbocycles. The Morgan fingerprint density at radius 1 is 1.26 bits per heavy atom. The predicted octanol–water partition coefficient (Wildman–Crippen LogP) is 4.63. The molecule has 1 amide bonds. The molecule has 2 rings (SSSR count). The Labute approximate surface area is 135 Å². The Morgan fingerprint density at radius 3 is 2.52 bits per heavy atom. The molecule has 0 spiro atoms. The van der Waals surface area contributed by atoms with Crippen LogP contribution in [0.15, 0.2) is 49.2 Å². The Bertz CT molecular complexity index is 722. The van der Waals surface area contributed by atoms with Gasteiger partial charge in [0.05, 0.1) is 6.20 Å². The zero-order valence-corrected chi connectivity index (χ0v) is 13.4. The van der Waals surface area contributed by atoms with Gasteiger partial charge < -0.3 is 4.74 Å². The van der Waals surface area contributed by atoms with Gasteiger partial charge in [-0.2, -0.15) is 0 Å². The van der Waals surface area contributed by atoms with Crippen LogP contribution in [0.25, 0.3) is 5.57 Å². The second-order valence-electron chi connectivity index (χ2n) is 6.02. The molecule has 23 heavy (non-hydrogen) atoms. The molecule has 2 aromatic rings. The number of ether oxygens (including phenoxy) is 1. The van der Waals surface area contributed by atoms with Gasteiger partial charge in [0.1, 0.15) is 17.2 Å². The van der Waals surface area contributed by atoms with Gasteiger partial charge in [0, 0.05) is 5.56 Å². The van der Waals surface area contributed by atoms with E-state index in [1.54, 1.807) is 20.8 Å². The van der Waals surface area contributed by atoms with Crippen LogP contribution in [-0.4, -0.2) is 16.7 Å². The number of aromatic nitrogens is 1. The topological polar surface area (TPSA) is 51.2 Å². The minimum atomic E-state index is -0.654. The summed E-state index contributed by atoms with van der Waals surface area (Å²) in [6.07, 6.45) is 0.382. The maximum absolute atomic E-state index is 13.6. The number of nitrogens with one attached hydrogen (secondary N) is 1. The summed E-state index contributed by atoms with van der Waals surface area (Å²) in [7, 11) is 0. The molecule has 0 fully saturated rings. The minimum absolute atomic E-state index is 0.203. The second-order valence-corrected chi connectivity index (χ2v) is 6.02. The van der Waals surface area contributed by atoms with E-state index in [4.69, 9.17) is 4.74 Å². The lowest BCUT2D eigenvalue weighted by atomic mass is 10.0. The van der Waals surface area contributed by atoms with Crippen molar-refractivity contribution in [3.8, 4) is 0 Å². The minimum Gasteiger partial charge on any atom is -0.444 e. The molecule has 5 heteroatoms. The number of benzene rings is 1. The van der Waals surface area contributed by atoms with E-state index in [0.29, 0.717) is 11.1 Å². The number of halogens is 1. The molecule has 0 aliphatic carbocycles. The lowest BCUT2D eigenvalue weighted by Crippen LogP contribution is -2.27. The summed E-state index contributed by atoms with van der Waals surface area (Å²) in [5, 5.41) is 2.55. The van der Waals surface area contributed by atoms with Crippen LogP contribution < -0.4 is 5.32 Å².